The van der Waals surface area contributed by atoms with Crippen LogP contribution in [0, 0.1) is 0 Å². The standard InChI is InChI=1S/C13H22N6O2/c1-18(2)13-16-10(15-12(14)17-13)8-19-7-5-4-6-9(19)11(20)21-3/h9H,4-8H2,1-3H3,(H2,14,15,16,17)/t9-/m1/s1. The summed E-state index contributed by atoms with van der Waals surface area (Å²) in [4.78, 5) is 28.3. The SMILES string of the molecule is COC(=O)[C@H]1CCCCN1Cc1nc(N)nc(N(C)C)n1. The summed E-state index contributed by atoms with van der Waals surface area (Å²) in [7, 11) is 5.10. The van der Waals surface area contributed by atoms with Crippen LogP contribution in [0.2, 0.25) is 0 Å². The lowest BCUT2D eigenvalue weighted by molar-refractivity contribution is -0.148. The van der Waals surface area contributed by atoms with Crippen LogP contribution in [0.15, 0.2) is 0 Å². The van der Waals surface area contributed by atoms with Gasteiger partial charge in [-0.3, -0.25) is 9.69 Å². The number of nitrogens with zero attached hydrogens (tertiary/aromatic N) is 5. The van der Waals surface area contributed by atoms with E-state index in [0.29, 0.717) is 18.3 Å². The Kier molecular flexibility index (Phi) is 4.89. The molecule has 0 unspecified atom stereocenters. The molecule has 21 heavy (non-hydrogen) atoms. The fourth-order valence-electron chi connectivity index (χ4n) is 2.46. The molecule has 8 nitrogen and oxygen atoms in total. The minimum atomic E-state index is -0.232. The fraction of sp³-hybridized carbons (Fsp3) is 0.692. The Bertz CT molecular complexity index is 507. The summed E-state index contributed by atoms with van der Waals surface area (Å²) in [6, 6.07) is -0.232. The number of ether oxygens (including phenoxy) is 1. The molecule has 2 N–H and O–H groups in total. The number of likely N-dealkylation sites (tertiary alicyclic amines) is 1. The number of hydrogen-bond donors (Lipinski definition) is 1. The summed E-state index contributed by atoms with van der Waals surface area (Å²) >= 11 is 0. The number of aromatic nitrogens is 3. The highest BCUT2D eigenvalue weighted by Gasteiger charge is 2.30. The van der Waals surface area contributed by atoms with E-state index in [0.717, 1.165) is 25.8 Å². The lowest BCUT2D eigenvalue weighted by Gasteiger charge is -2.33. The van der Waals surface area contributed by atoms with E-state index in [4.69, 9.17) is 10.5 Å². The van der Waals surface area contributed by atoms with Crippen molar-refractivity contribution in [2.45, 2.75) is 31.8 Å². The number of esters is 1. The summed E-state index contributed by atoms with van der Waals surface area (Å²) in [5.41, 5.74) is 5.72. The van der Waals surface area contributed by atoms with Crippen molar-refractivity contribution in [1.82, 2.24) is 19.9 Å². The predicted molar refractivity (Wildman–Crippen MR) is 78.6 cm³/mol. The molecule has 0 amide bonds. The molecule has 1 aliphatic heterocycles. The molecular weight excluding hydrogens is 272 g/mol. The van der Waals surface area contributed by atoms with Crippen LogP contribution in [0.4, 0.5) is 11.9 Å². The molecule has 1 aromatic heterocycles. The molecule has 0 aliphatic carbocycles. The lowest BCUT2D eigenvalue weighted by atomic mass is 10.0. The average Bonchev–Trinajstić information content (AvgIpc) is 2.46. The molecule has 8 heteroatoms. The van der Waals surface area contributed by atoms with Gasteiger partial charge in [0.1, 0.15) is 11.9 Å². The highest BCUT2D eigenvalue weighted by atomic mass is 16.5. The molecule has 1 atom stereocenters. The molecule has 2 heterocycles. The smallest absolute Gasteiger partial charge is 0.323 e. The molecule has 116 valence electrons. The van der Waals surface area contributed by atoms with Gasteiger partial charge in [0.15, 0.2) is 0 Å². The largest absolute Gasteiger partial charge is 0.468 e. The zero-order chi connectivity index (χ0) is 15.4. The molecule has 1 saturated heterocycles. The van der Waals surface area contributed by atoms with Crippen LogP contribution in [0.5, 0.6) is 0 Å². The molecule has 1 fully saturated rings. The normalized spacial score (nSPS) is 19.3. The fourth-order valence-corrected chi connectivity index (χ4v) is 2.46. The van der Waals surface area contributed by atoms with Gasteiger partial charge in [-0.05, 0) is 19.4 Å². The van der Waals surface area contributed by atoms with Gasteiger partial charge in [-0.25, -0.2) is 0 Å². The second-order valence-corrected chi connectivity index (χ2v) is 5.31. The first-order valence-corrected chi connectivity index (χ1v) is 7.01. The van der Waals surface area contributed by atoms with E-state index in [-0.39, 0.29) is 18.0 Å². The summed E-state index contributed by atoms with van der Waals surface area (Å²) in [6.45, 7) is 1.29. The van der Waals surface area contributed by atoms with Crippen molar-refractivity contribution in [2.24, 2.45) is 0 Å². The number of rotatable bonds is 4. The van der Waals surface area contributed by atoms with E-state index >= 15 is 0 Å². The second kappa shape index (κ2) is 6.66. The molecule has 2 rings (SSSR count). The Hall–Kier alpha value is -1.96. The number of hydrogen-bond acceptors (Lipinski definition) is 8. The van der Waals surface area contributed by atoms with Crippen LogP contribution in [0.1, 0.15) is 25.1 Å². The summed E-state index contributed by atoms with van der Waals surface area (Å²) in [5, 5.41) is 0. The topological polar surface area (TPSA) is 97.5 Å². The molecule has 1 aliphatic rings. The number of carbonyl (C=O) groups excluding carboxylic acids is 1. The van der Waals surface area contributed by atoms with Crippen LogP contribution < -0.4 is 10.6 Å². The second-order valence-electron chi connectivity index (χ2n) is 5.31. The van der Waals surface area contributed by atoms with E-state index in [9.17, 15) is 4.79 Å². The van der Waals surface area contributed by atoms with Gasteiger partial charge >= 0.3 is 5.97 Å². The molecule has 0 spiro atoms. The van der Waals surface area contributed by atoms with E-state index in [1.165, 1.54) is 7.11 Å². The van der Waals surface area contributed by atoms with Crippen molar-refractivity contribution in [3.8, 4) is 0 Å². The first-order valence-electron chi connectivity index (χ1n) is 7.01. The van der Waals surface area contributed by atoms with E-state index in [1.54, 1.807) is 4.90 Å². The third-order valence-corrected chi connectivity index (χ3v) is 3.52. The number of piperidine rings is 1. The van der Waals surface area contributed by atoms with Crippen LogP contribution in [-0.4, -0.2) is 59.6 Å². The van der Waals surface area contributed by atoms with E-state index in [1.807, 2.05) is 19.0 Å². The minimum absolute atomic E-state index is 0.190. The zero-order valence-electron chi connectivity index (χ0n) is 12.7. The molecule has 0 saturated carbocycles. The van der Waals surface area contributed by atoms with Gasteiger partial charge in [-0.1, -0.05) is 6.42 Å². The Morgan fingerprint density at radius 2 is 2.14 bits per heavy atom. The zero-order valence-corrected chi connectivity index (χ0v) is 12.7. The van der Waals surface area contributed by atoms with Gasteiger partial charge in [0.2, 0.25) is 11.9 Å². The predicted octanol–water partition coefficient (Wildman–Crippen LogP) is 0.0473. The van der Waals surface area contributed by atoms with Crippen LogP contribution in [-0.2, 0) is 16.1 Å². The van der Waals surface area contributed by atoms with Gasteiger partial charge in [0.25, 0.3) is 0 Å². The van der Waals surface area contributed by atoms with Gasteiger partial charge in [0.05, 0.1) is 13.7 Å². The van der Waals surface area contributed by atoms with Gasteiger partial charge < -0.3 is 15.4 Å². The highest BCUT2D eigenvalue weighted by Crippen LogP contribution is 2.20. The number of nitrogen functional groups attached to an aromatic ring is 1. The van der Waals surface area contributed by atoms with Crippen molar-refractivity contribution in [1.29, 1.82) is 0 Å². The van der Waals surface area contributed by atoms with E-state index in [2.05, 4.69) is 15.0 Å². The monoisotopic (exact) mass is 294 g/mol. The Labute approximate surface area is 124 Å². The Balaban J connectivity index is 2.17. The first-order chi connectivity index (χ1) is 10.0. The number of methoxy groups -OCH3 is 1. The van der Waals surface area contributed by atoms with Crippen molar-refractivity contribution < 1.29 is 9.53 Å². The molecule has 0 radical (unpaired) electrons. The molecule has 0 aromatic carbocycles. The minimum Gasteiger partial charge on any atom is -0.468 e. The highest BCUT2D eigenvalue weighted by molar-refractivity contribution is 5.75. The third kappa shape index (κ3) is 3.78. The van der Waals surface area contributed by atoms with Gasteiger partial charge in [-0.2, -0.15) is 15.0 Å². The maximum absolute atomic E-state index is 11.9. The number of carbonyl (C=O) groups is 1. The molecule has 0 bridgehead atoms. The van der Waals surface area contributed by atoms with Crippen molar-refractivity contribution >= 4 is 17.9 Å². The number of nitrogens with two attached hydrogens (primary N) is 1. The summed E-state index contributed by atoms with van der Waals surface area (Å²) in [5.74, 6) is 1.08. The molecule has 1 aromatic rings. The van der Waals surface area contributed by atoms with Crippen LogP contribution >= 0.6 is 0 Å². The van der Waals surface area contributed by atoms with Crippen molar-refractivity contribution in [2.75, 3.05) is 38.4 Å². The van der Waals surface area contributed by atoms with Gasteiger partial charge in [0, 0.05) is 14.1 Å². The lowest BCUT2D eigenvalue weighted by Crippen LogP contribution is -2.45. The Morgan fingerprint density at radius 1 is 1.38 bits per heavy atom. The van der Waals surface area contributed by atoms with Crippen molar-refractivity contribution in [3.63, 3.8) is 0 Å². The van der Waals surface area contributed by atoms with Crippen LogP contribution in [0.3, 0.4) is 0 Å². The van der Waals surface area contributed by atoms with E-state index < -0.39 is 0 Å². The maximum Gasteiger partial charge on any atom is 0.323 e. The quantitative estimate of drug-likeness (QED) is 0.778. The average molecular weight is 294 g/mol. The first kappa shape index (κ1) is 15.4. The third-order valence-electron chi connectivity index (χ3n) is 3.52. The Morgan fingerprint density at radius 3 is 2.81 bits per heavy atom. The van der Waals surface area contributed by atoms with Crippen molar-refractivity contribution in [3.05, 3.63) is 5.82 Å². The van der Waals surface area contributed by atoms with Crippen LogP contribution in [0.25, 0.3) is 0 Å². The molecular formula is C13H22N6O2. The summed E-state index contributed by atoms with van der Waals surface area (Å²) < 4.78 is 4.88. The van der Waals surface area contributed by atoms with Gasteiger partial charge in [-0.15, -0.1) is 0 Å². The summed E-state index contributed by atoms with van der Waals surface area (Å²) in [6.07, 6.45) is 2.88. The number of anilines is 2. The maximum atomic E-state index is 11.9.